The van der Waals surface area contributed by atoms with Gasteiger partial charge in [0.1, 0.15) is 11.8 Å². The molecule has 1 unspecified atom stereocenters. The highest BCUT2D eigenvalue weighted by Crippen LogP contribution is 2.11. The molecule has 0 amide bonds. The summed E-state index contributed by atoms with van der Waals surface area (Å²) in [5, 5.41) is 11.8. The molecule has 1 rings (SSSR count). The Morgan fingerprint density at radius 2 is 2.06 bits per heavy atom. The second-order valence-electron chi connectivity index (χ2n) is 4.24. The highest BCUT2D eigenvalue weighted by molar-refractivity contribution is 5.27. The first kappa shape index (κ1) is 13.5. The predicted octanol–water partition coefficient (Wildman–Crippen LogP) is 2.72. The summed E-state index contributed by atoms with van der Waals surface area (Å²) in [6.45, 7) is 6.47. The van der Waals surface area contributed by atoms with Gasteiger partial charge in [0.2, 0.25) is 0 Å². The molecule has 0 aromatic heterocycles. The minimum Gasteiger partial charge on any atom is -0.479 e. The molecule has 0 radical (unpaired) electrons. The lowest BCUT2D eigenvalue weighted by Crippen LogP contribution is -2.20. The quantitative estimate of drug-likeness (QED) is 0.786. The van der Waals surface area contributed by atoms with Gasteiger partial charge < -0.3 is 10.1 Å². The number of nitrogens with zero attached hydrogens (tertiary/aromatic N) is 1. The second kappa shape index (κ2) is 7.70. The third-order valence-corrected chi connectivity index (χ3v) is 2.75. The zero-order valence-electron chi connectivity index (χ0n) is 10.6. The van der Waals surface area contributed by atoms with Gasteiger partial charge in [0.25, 0.3) is 0 Å². The molecule has 0 heterocycles. The average molecular weight is 232 g/mol. The average Bonchev–Trinajstić information content (AvgIpc) is 2.37. The summed E-state index contributed by atoms with van der Waals surface area (Å²) in [4.78, 5) is 0. The van der Waals surface area contributed by atoms with Gasteiger partial charge in [-0.2, -0.15) is 5.26 Å². The monoisotopic (exact) mass is 232 g/mol. The van der Waals surface area contributed by atoms with Gasteiger partial charge in [-0.15, -0.1) is 0 Å². The number of nitriles is 1. The van der Waals surface area contributed by atoms with E-state index in [1.165, 1.54) is 12.0 Å². The van der Waals surface area contributed by atoms with Crippen molar-refractivity contribution in [1.82, 2.24) is 5.32 Å². The van der Waals surface area contributed by atoms with Crippen molar-refractivity contribution in [3.63, 3.8) is 0 Å². The van der Waals surface area contributed by atoms with Crippen LogP contribution < -0.4 is 10.1 Å². The summed E-state index contributed by atoms with van der Waals surface area (Å²) in [6, 6.07) is 9.80. The molecule has 1 N–H and O–H groups in total. The van der Waals surface area contributed by atoms with Gasteiger partial charge in [-0.05, 0) is 30.2 Å². The Kier molecular flexibility index (Phi) is 6.13. The number of rotatable bonds is 7. The largest absolute Gasteiger partial charge is 0.479 e. The van der Waals surface area contributed by atoms with Crippen LogP contribution in [0.5, 0.6) is 5.75 Å². The van der Waals surface area contributed by atoms with Gasteiger partial charge in [0.05, 0.1) is 0 Å². The summed E-state index contributed by atoms with van der Waals surface area (Å²) in [5.41, 5.74) is 1.23. The summed E-state index contributed by atoms with van der Waals surface area (Å²) in [5.74, 6) is 1.46. The highest BCUT2D eigenvalue weighted by atomic mass is 16.5. The van der Waals surface area contributed by atoms with E-state index >= 15 is 0 Å². The molecule has 0 aliphatic rings. The second-order valence-corrected chi connectivity index (χ2v) is 4.24. The van der Waals surface area contributed by atoms with Crippen LogP contribution in [0.15, 0.2) is 24.3 Å². The first-order valence-corrected chi connectivity index (χ1v) is 6.05. The molecule has 0 aliphatic carbocycles. The van der Waals surface area contributed by atoms with Crippen LogP contribution in [0.3, 0.4) is 0 Å². The Bertz CT molecular complexity index is 353. The number of benzene rings is 1. The van der Waals surface area contributed by atoms with Crippen LogP contribution in [-0.2, 0) is 6.54 Å². The van der Waals surface area contributed by atoms with Crippen LogP contribution in [0.4, 0.5) is 0 Å². The summed E-state index contributed by atoms with van der Waals surface area (Å²) >= 11 is 0. The lowest BCUT2D eigenvalue weighted by atomic mass is 10.1. The lowest BCUT2D eigenvalue weighted by Gasteiger charge is -2.10. The van der Waals surface area contributed by atoms with Gasteiger partial charge in [-0.1, -0.05) is 32.4 Å². The molecular weight excluding hydrogens is 212 g/mol. The summed E-state index contributed by atoms with van der Waals surface area (Å²) < 4.78 is 5.19. The molecule has 1 aromatic rings. The van der Waals surface area contributed by atoms with Crippen molar-refractivity contribution in [1.29, 1.82) is 5.26 Å². The molecule has 0 saturated carbocycles. The van der Waals surface area contributed by atoms with Crippen molar-refractivity contribution in [2.24, 2.45) is 5.92 Å². The van der Waals surface area contributed by atoms with Crippen LogP contribution in [0, 0.1) is 17.2 Å². The Hall–Kier alpha value is -1.53. The van der Waals surface area contributed by atoms with Gasteiger partial charge in [0.15, 0.2) is 6.61 Å². The fourth-order valence-electron chi connectivity index (χ4n) is 1.43. The van der Waals surface area contributed by atoms with E-state index in [4.69, 9.17) is 10.00 Å². The molecular formula is C14H20N2O. The van der Waals surface area contributed by atoms with Crippen molar-refractivity contribution in [3.05, 3.63) is 29.8 Å². The molecule has 17 heavy (non-hydrogen) atoms. The van der Waals surface area contributed by atoms with Crippen LogP contribution in [0.2, 0.25) is 0 Å². The third kappa shape index (κ3) is 5.37. The normalized spacial score (nSPS) is 11.8. The highest BCUT2D eigenvalue weighted by Gasteiger charge is 1.99. The Morgan fingerprint density at radius 1 is 1.35 bits per heavy atom. The lowest BCUT2D eigenvalue weighted by molar-refractivity contribution is 0.368. The van der Waals surface area contributed by atoms with Crippen LogP contribution in [0.1, 0.15) is 25.8 Å². The molecule has 3 nitrogen and oxygen atoms in total. The topological polar surface area (TPSA) is 45.0 Å². The smallest absolute Gasteiger partial charge is 0.174 e. The molecule has 0 bridgehead atoms. The molecule has 0 saturated heterocycles. The van der Waals surface area contributed by atoms with Crippen molar-refractivity contribution >= 4 is 0 Å². The van der Waals surface area contributed by atoms with Crippen molar-refractivity contribution in [2.45, 2.75) is 26.8 Å². The van der Waals surface area contributed by atoms with Crippen molar-refractivity contribution < 1.29 is 4.74 Å². The number of hydrogen-bond acceptors (Lipinski definition) is 3. The van der Waals surface area contributed by atoms with Crippen LogP contribution >= 0.6 is 0 Å². The zero-order chi connectivity index (χ0) is 12.5. The first-order chi connectivity index (χ1) is 8.26. The van der Waals surface area contributed by atoms with Gasteiger partial charge in [0, 0.05) is 6.54 Å². The maximum atomic E-state index is 8.39. The Labute approximate surface area is 103 Å². The molecule has 0 aliphatic heterocycles. The molecule has 92 valence electrons. The molecule has 0 spiro atoms. The fraction of sp³-hybridized carbons (Fsp3) is 0.500. The molecule has 0 fully saturated rings. The SMILES string of the molecule is CCC(C)CNCc1ccc(OCC#N)cc1. The Morgan fingerprint density at radius 3 is 2.65 bits per heavy atom. The third-order valence-electron chi connectivity index (χ3n) is 2.75. The van der Waals surface area contributed by atoms with E-state index < -0.39 is 0 Å². The van der Waals surface area contributed by atoms with E-state index in [0.717, 1.165) is 18.8 Å². The van der Waals surface area contributed by atoms with Gasteiger partial charge >= 0.3 is 0 Å². The zero-order valence-corrected chi connectivity index (χ0v) is 10.6. The van der Waals surface area contributed by atoms with E-state index in [0.29, 0.717) is 5.92 Å². The summed E-state index contributed by atoms with van der Waals surface area (Å²) in [6.07, 6.45) is 1.20. The van der Waals surface area contributed by atoms with E-state index in [1.54, 1.807) is 0 Å². The van der Waals surface area contributed by atoms with Crippen molar-refractivity contribution in [2.75, 3.05) is 13.2 Å². The number of hydrogen-bond donors (Lipinski definition) is 1. The number of ether oxygens (including phenoxy) is 1. The van der Waals surface area contributed by atoms with E-state index in [1.807, 2.05) is 30.3 Å². The molecule has 3 heteroatoms. The fourth-order valence-corrected chi connectivity index (χ4v) is 1.43. The molecule has 1 aromatic carbocycles. The standard InChI is InChI=1S/C14H20N2O/c1-3-12(2)10-16-11-13-4-6-14(7-5-13)17-9-8-15/h4-7,12,16H,3,9-11H2,1-2H3. The summed E-state index contributed by atoms with van der Waals surface area (Å²) in [7, 11) is 0. The minimum atomic E-state index is 0.103. The minimum absolute atomic E-state index is 0.103. The van der Waals surface area contributed by atoms with Gasteiger partial charge in [-0.25, -0.2) is 0 Å². The maximum Gasteiger partial charge on any atom is 0.174 e. The van der Waals surface area contributed by atoms with E-state index in [-0.39, 0.29) is 6.61 Å². The van der Waals surface area contributed by atoms with E-state index in [2.05, 4.69) is 19.2 Å². The van der Waals surface area contributed by atoms with Crippen LogP contribution in [-0.4, -0.2) is 13.2 Å². The Balaban J connectivity index is 2.33. The van der Waals surface area contributed by atoms with Gasteiger partial charge in [-0.3, -0.25) is 0 Å². The van der Waals surface area contributed by atoms with Crippen molar-refractivity contribution in [3.8, 4) is 11.8 Å². The van der Waals surface area contributed by atoms with Crippen LogP contribution in [0.25, 0.3) is 0 Å². The van der Waals surface area contributed by atoms with E-state index in [9.17, 15) is 0 Å². The number of nitrogens with one attached hydrogen (secondary N) is 1. The molecule has 1 atom stereocenters. The first-order valence-electron chi connectivity index (χ1n) is 6.05. The maximum absolute atomic E-state index is 8.39. The predicted molar refractivity (Wildman–Crippen MR) is 68.7 cm³/mol.